The second-order valence-electron chi connectivity index (χ2n) is 7.48. The molecule has 4 aromatic carbocycles. The van der Waals surface area contributed by atoms with Gasteiger partial charge in [0.2, 0.25) is 5.91 Å². The first-order chi connectivity index (χ1) is 16.8. The third-order valence-electron chi connectivity index (χ3n) is 4.88. The van der Waals surface area contributed by atoms with Crippen molar-refractivity contribution in [2.45, 2.75) is 4.90 Å². The van der Waals surface area contributed by atoms with E-state index in [0.29, 0.717) is 22.9 Å². The summed E-state index contributed by atoms with van der Waals surface area (Å²) in [6.07, 6.45) is 0. The van der Waals surface area contributed by atoms with Crippen LogP contribution in [0, 0.1) is 0 Å². The summed E-state index contributed by atoms with van der Waals surface area (Å²) >= 11 is 0. The van der Waals surface area contributed by atoms with E-state index in [2.05, 4.69) is 10.0 Å². The topological polar surface area (TPSA) is 128 Å². The van der Waals surface area contributed by atoms with Gasteiger partial charge in [-0.2, -0.15) is 0 Å². The molecule has 0 aliphatic carbocycles. The number of anilines is 2. The molecule has 0 atom stereocenters. The number of hydrogen-bond donors (Lipinski definition) is 3. The van der Waals surface area contributed by atoms with Gasteiger partial charge in [-0.1, -0.05) is 36.4 Å². The number of para-hydroxylation sites is 1. The summed E-state index contributed by atoms with van der Waals surface area (Å²) in [5.41, 5.74) is 6.29. The number of nitrogens with one attached hydrogen (secondary N) is 2. The number of carbonyl (C=O) groups excluding carboxylic acids is 2. The Morgan fingerprint density at radius 2 is 1.34 bits per heavy atom. The zero-order valence-electron chi connectivity index (χ0n) is 18.3. The SMILES string of the molecule is NC(=O)c1cccc(NC(=O)c2cccc(S(=O)(=O)Nc3cccc(Oc4ccccc4)c3)c2)c1. The molecule has 0 saturated heterocycles. The average Bonchev–Trinajstić information content (AvgIpc) is 2.85. The van der Waals surface area contributed by atoms with Crippen molar-refractivity contribution in [2.24, 2.45) is 5.73 Å². The molecule has 4 rings (SSSR count). The summed E-state index contributed by atoms with van der Waals surface area (Å²) in [7, 11) is -4.00. The van der Waals surface area contributed by atoms with Crippen LogP contribution in [0.2, 0.25) is 0 Å². The van der Waals surface area contributed by atoms with Gasteiger partial charge >= 0.3 is 0 Å². The van der Waals surface area contributed by atoms with E-state index in [9.17, 15) is 18.0 Å². The van der Waals surface area contributed by atoms with E-state index in [1.165, 1.54) is 36.4 Å². The highest BCUT2D eigenvalue weighted by molar-refractivity contribution is 7.92. The Bertz CT molecular complexity index is 1490. The smallest absolute Gasteiger partial charge is 0.261 e. The maximum atomic E-state index is 13.0. The van der Waals surface area contributed by atoms with Crippen molar-refractivity contribution < 1.29 is 22.7 Å². The molecule has 0 bridgehead atoms. The lowest BCUT2D eigenvalue weighted by atomic mass is 10.1. The van der Waals surface area contributed by atoms with Gasteiger partial charge in [0.05, 0.1) is 10.6 Å². The molecule has 0 heterocycles. The first-order valence-electron chi connectivity index (χ1n) is 10.5. The number of hydrogen-bond acceptors (Lipinski definition) is 5. The first-order valence-corrected chi connectivity index (χ1v) is 12.0. The van der Waals surface area contributed by atoms with Crippen molar-refractivity contribution in [3.05, 3.63) is 114 Å². The Morgan fingerprint density at radius 1 is 0.686 bits per heavy atom. The second kappa shape index (κ2) is 10.1. The molecule has 0 spiro atoms. The van der Waals surface area contributed by atoms with E-state index in [-0.39, 0.29) is 16.0 Å². The van der Waals surface area contributed by atoms with Crippen LogP contribution in [-0.2, 0) is 10.0 Å². The van der Waals surface area contributed by atoms with Crippen molar-refractivity contribution in [3.8, 4) is 11.5 Å². The molecule has 0 aliphatic heterocycles. The van der Waals surface area contributed by atoms with Crippen molar-refractivity contribution >= 4 is 33.2 Å². The lowest BCUT2D eigenvalue weighted by molar-refractivity contribution is 0.0996. The number of nitrogens with two attached hydrogens (primary N) is 1. The Balaban J connectivity index is 1.50. The van der Waals surface area contributed by atoms with Gasteiger partial charge in [0.25, 0.3) is 15.9 Å². The van der Waals surface area contributed by atoms with E-state index in [1.54, 1.807) is 48.5 Å². The van der Waals surface area contributed by atoms with Crippen molar-refractivity contribution in [1.82, 2.24) is 0 Å². The molecule has 4 N–H and O–H groups in total. The third-order valence-corrected chi connectivity index (χ3v) is 6.26. The normalized spacial score (nSPS) is 10.9. The molecule has 4 aromatic rings. The van der Waals surface area contributed by atoms with E-state index >= 15 is 0 Å². The van der Waals surface area contributed by atoms with Gasteiger partial charge in [-0.15, -0.1) is 0 Å². The fourth-order valence-electron chi connectivity index (χ4n) is 3.22. The summed E-state index contributed by atoms with van der Waals surface area (Å²) < 4.78 is 34.2. The lowest BCUT2D eigenvalue weighted by Gasteiger charge is -2.12. The number of primary amides is 1. The molecule has 2 amide bonds. The van der Waals surface area contributed by atoms with E-state index < -0.39 is 21.8 Å². The van der Waals surface area contributed by atoms with Gasteiger partial charge in [-0.05, 0) is 60.7 Å². The number of sulfonamides is 1. The van der Waals surface area contributed by atoms with Gasteiger partial charge < -0.3 is 15.8 Å². The molecule has 0 aliphatic rings. The summed E-state index contributed by atoms with van der Waals surface area (Å²) in [6, 6.07) is 27.4. The molecule has 9 heteroatoms. The predicted octanol–water partition coefficient (Wildman–Crippen LogP) is 4.63. The highest BCUT2D eigenvalue weighted by Crippen LogP contribution is 2.25. The van der Waals surface area contributed by atoms with Crippen LogP contribution in [0.15, 0.2) is 108 Å². The molecule has 8 nitrogen and oxygen atoms in total. The van der Waals surface area contributed by atoms with E-state index in [1.807, 2.05) is 18.2 Å². The number of amides is 2. The van der Waals surface area contributed by atoms with Crippen LogP contribution in [0.5, 0.6) is 11.5 Å². The quantitative estimate of drug-likeness (QED) is 0.334. The van der Waals surface area contributed by atoms with Gasteiger partial charge in [-0.3, -0.25) is 14.3 Å². The third kappa shape index (κ3) is 6.04. The Morgan fingerprint density at radius 3 is 2.11 bits per heavy atom. The second-order valence-corrected chi connectivity index (χ2v) is 9.16. The molecule has 176 valence electrons. The monoisotopic (exact) mass is 487 g/mol. The highest BCUT2D eigenvalue weighted by Gasteiger charge is 2.17. The van der Waals surface area contributed by atoms with E-state index in [0.717, 1.165) is 0 Å². The van der Waals surface area contributed by atoms with Crippen molar-refractivity contribution in [3.63, 3.8) is 0 Å². The number of carbonyl (C=O) groups is 2. The van der Waals surface area contributed by atoms with Crippen molar-refractivity contribution in [1.29, 1.82) is 0 Å². The highest BCUT2D eigenvalue weighted by atomic mass is 32.2. The molecule has 0 fully saturated rings. The average molecular weight is 488 g/mol. The maximum Gasteiger partial charge on any atom is 0.261 e. The van der Waals surface area contributed by atoms with Crippen LogP contribution in [0.25, 0.3) is 0 Å². The van der Waals surface area contributed by atoms with Crippen LogP contribution >= 0.6 is 0 Å². The Kier molecular flexibility index (Phi) is 6.79. The lowest BCUT2D eigenvalue weighted by Crippen LogP contribution is -2.16. The fourth-order valence-corrected chi connectivity index (χ4v) is 4.31. The minimum absolute atomic E-state index is 0.0922. The Labute approximate surface area is 202 Å². The van der Waals surface area contributed by atoms with Crippen LogP contribution < -0.4 is 20.5 Å². The van der Waals surface area contributed by atoms with Crippen LogP contribution in [0.4, 0.5) is 11.4 Å². The number of ether oxygens (including phenoxy) is 1. The number of rotatable bonds is 8. The molecular formula is C26H21N3O5S. The van der Waals surface area contributed by atoms with Gasteiger partial charge in [0, 0.05) is 22.9 Å². The van der Waals surface area contributed by atoms with Crippen LogP contribution in [-0.4, -0.2) is 20.2 Å². The molecule has 0 unspecified atom stereocenters. The Hall–Kier alpha value is -4.63. The zero-order valence-corrected chi connectivity index (χ0v) is 19.2. The summed E-state index contributed by atoms with van der Waals surface area (Å²) in [5.74, 6) is -0.0873. The van der Waals surface area contributed by atoms with Gasteiger partial charge in [-0.25, -0.2) is 8.42 Å². The largest absolute Gasteiger partial charge is 0.457 e. The maximum absolute atomic E-state index is 13.0. The van der Waals surface area contributed by atoms with Crippen LogP contribution in [0.3, 0.4) is 0 Å². The minimum Gasteiger partial charge on any atom is -0.457 e. The summed E-state index contributed by atoms with van der Waals surface area (Å²) in [4.78, 5) is 24.0. The van der Waals surface area contributed by atoms with Crippen molar-refractivity contribution in [2.75, 3.05) is 10.0 Å². The molecule has 0 aromatic heterocycles. The molecule has 0 radical (unpaired) electrons. The summed E-state index contributed by atoms with van der Waals surface area (Å²) in [6.45, 7) is 0. The van der Waals surface area contributed by atoms with Gasteiger partial charge in [0.15, 0.2) is 0 Å². The fraction of sp³-hybridized carbons (Fsp3) is 0. The molecule has 35 heavy (non-hydrogen) atoms. The number of benzene rings is 4. The van der Waals surface area contributed by atoms with E-state index in [4.69, 9.17) is 10.5 Å². The van der Waals surface area contributed by atoms with Crippen LogP contribution in [0.1, 0.15) is 20.7 Å². The molecular weight excluding hydrogens is 466 g/mol. The zero-order chi connectivity index (χ0) is 24.8. The predicted molar refractivity (Wildman–Crippen MR) is 133 cm³/mol. The summed E-state index contributed by atoms with van der Waals surface area (Å²) in [5, 5.41) is 2.63. The minimum atomic E-state index is -4.00. The molecule has 0 saturated carbocycles. The standard InChI is InChI=1S/C26H21N3O5S/c27-25(30)18-7-4-9-20(15-18)28-26(31)19-8-5-14-24(16-19)35(32,33)29-21-10-6-13-23(17-21)34-22-11-2-1-3-12-22/h1-17,29H,(H2,27,30)(H,28,31). The van der Waals surface area contributed by atoms with Gasteiger partial charge in [0.1, 0.15) is 11.5 Å². The first kappa shape index (κ1) is 23.5.